The minimum absolute atomic E-state index is 0.206. The van der Waals surface area contributed by atoms with Crippen molar-refractivity contribution < 1.29 is 14.3 Å². The van der Waals surface area contributed by atoms with Gasteiger partial charge in [-0.2, -0.15) is 0 Å². The first-order valence-electron chi connectivity index (χ1n) is 15.7. The first kappa shape index (κ1) is 31.7. The fourth-order valence-corrected chi connectivity index (χ4v) is 6.18. The van der Waals surface area contributed by atoms with Crippen LogP contribution in [0.1, 0.15) is 89.8 Å². The van der Waals surface area contributed by atoms with Crippen LogP contribution in [0.15, 0.2) is 96.0 Å². The van der Waals surface area contributed by atoms with Crippen molar-refractivity contribution in [2.75, 3.05) is 6.61 Å². The van der Waals surface area contributed by atoms with Crippen LogP contribution in [0, 0.1) is 17.8 Å². The van der Waals surface area contributed by atoms with Gasteiger partial charge in [0.05, 0.1) is 11.8 Å². The van der Waals surface area contributed by atoms with Gasteiger partial charge >= 0.3 is 5.97 Å². The third-order valence-electron chi connectivity index (χ3n) is 8.34. The molecule has 4 heteroatoms. The van der Waals surface area contributed by atoms with Gasteiger partial charge in [0.15, 0.2) is 6.04 Å². The molecular formula is C38H49NO3. The SMILES string of the molecule is CC(C)[C@H]1CC[C@H](C)C[C@@H]1OCC[C@@H](c1ccccc1)[C@@H](N=C(c1ccccc1)c1ccccc1)C(=O)OC(C)(C)C. The zero-order chi connectivity index (χ0) is 30.1. The summed E-state index contributed by atoms with van der Waals surface area (Å²) in [6.45, 7) is 13.3. The van der Waals surface area contributed by atoms with E-state index in [0.29, 0.717) is 30.8 Å². The summed E-state index contributed by atoms with van der Waals surface area (Å²) >= 11 is 0. The smallest absolute Gasteiger partial charge is 0.332 e. The number of hydrogen-bond acceptors (Lipinski definition) is 4. The first-order valence-corrected chi connectivity index (χ1v) is 15.7. The topological polar surface area (TPSA) is 47.9 Å². The molecule has 0 heterocycles. The largest absolute Gasteiger partial charge is 0.458 e. The molecule has 0 saturated heterocycles. The summed E-state index contributed by atoms with van der Waals surface area (Å²) in [4.78, 5) is 19.3. The third-order valence-corrected chi connectivity index (χ3v) is 8.34. The quantitative estimate of drug-likeness (QED) is 0.172. The number of hydrogen-bond donors (Lipinski definition) is 0. The highest BCUT2D eigenvalue weighted by atomic mass is 16.6. The number of rotatable bonds is 11. The highest BCUT2D eigenvalue weighted by Gasteiger charge is 2.35. The van der Waals surface area contributed by atoms with Crippen LogP contribution in [-0.4, -0.2) is 36.0 Å². The molecule has 0 aliphatic heterocycles. The van der Waals surface area contributed by atoms with Gasteiger partial charge in [0.25, 0.3) is 0 Å². The highest BCUT2D eigenvalue weighted by molar-refractivity contribution is 6.13. The zero-order valence-electron chi connectivity index (χ0n) is 26.3. The molecule has 5 atom stereocenters. The fraction of sp³-hybridized carbons (Fsp3) is 0.474. The predicted molar refractivity (Wildman–Crippen MR) is 173 cm³/mol. The Bertz CT molecular complexity index is 1220. The van der Waals surface area contributed by atoms with Crippen LogP contribution >= 0.6 is 0 Å². The Morgan fingerprint density at radius 3 is 1.93 bits per heavy atom. The highest BCUT2D eigenvalue weighted by Crippen LogP contribution is 2.36. The molecule has 0 bridgehead atoms. The van der Waals surface area contributed by atoms with E-state index in [0.717, 1.165) is 28.8 Å². The minimum Gasteiger partial charge on any atom is -0.458 e. The Morgan fingerprint density at radius 1 is 0.857 bits per heavy atom. The lowest BCUT2D eigenvalue weighted by atomic mass is 9.75. The Morgan fingerprint density at radius 2 is 1.40 bits per heavy atom. The van der Waals surface area contributed by atoms with Crippen molar-refractivity contribution in [3.8, 4) is 0 Å². The van der Waals surface area contributed by atoms with Crippen LogP contribution in [0.25, 0.3) is 0 Å². The van der Waals surface area contributed by atoms with Crippen LogP contribution in [0.4, 0.5) is 0 Å². The predicted octanol–water partition coefficient (Wildman–Crippen LogP) is 8.89. The molecule has 4 nitrogen and oxygen atoms in total. The lowest BCUT2D eigenvalue weighted by Gasteiger charge is -2.37. The standard InChI is InChI=1S/C38H49NO3/c1-27(2)32-23-22-28(3)26-34(32)41-25-24-33(29-16-10-7-11-17-29)36(37(40)42-38(4,5)6)39-35(30-18-12-8-13-19-30)31-20-14-9-15-21-31/h7-21,27-28,32-34,36H,22-26H2,1-6H3/t28-,32+,33-,34-,36+/m0/s1. The monoisotopic (exact) mass is 567 g/mol. The Kier molecular flexibility index (Phi) is 11.2. The lowest BCUT2D eigenvalue weighted by Crippen LogP contribution is -2.37. The second-order valence-corrected chi connectivity index (χ2v) is 13.2. The first-order chi connectivity index (χ1) is 20.1. The van der Waals surface area contributed by atoms with Gasteiger partial charge in [-0.25, -0.2) is 4.79 Å². The minimum atomic E-state index is -0.739. The van der Waals surface area contributed by atoms with E-state index in [2.05, 4.69) is 57.2 Å². The van der Waals surface area contributed by atoms with E-state index in [1.807, 2.05) is 75.4 Å². The second kappa shape index (κ2) is 14.8. The zero-order valence-corrected chi connectivity index (χ0v) is 26.3. The van der Waals surface area contributed by atoms with Crippen LogP contribution in [0.5, 0.6) is 0 Å². The molecule has 0 amide bonds. The summed E-state index contributed by atoms with van der Waals surface area (Å²) in [5.74, 6) is 1.31. The molecule has 0 spiro atoms. The van der Waals surface area contributed by atoms with Gasteiger partial charge in [0, 0.05) is 23.7 Å². The average molecular weight is 568 g/mol. The molecule has 0 aromatic heterocycles. The van der Waals surface area contributed by atoms with Crippen molar-refractivity contribution in [3.63, 3.8) is 0 Å². The Balaban J connectivity index is 1.73. The van der Waals surface area contributed by atoms with E-state index in [9.17, 15) is 4.79 Å². The molecule has 0 radical (unpaired) electrons. The normalized spacial score (nSPS) is 20.5. The summed E-state index contributed by atoms with van der Waals surface area (Å²) in [7, 11) is 0. The summed E-state index contributed by atoms with van der Waals surface area (Å²) < 4.78 is 12.7. The number of nitrogens with zero attached hydrogens (tertiary/aromatic N) is 1. The van der Waals surface area contributed by atoms with E-state index in [1.54, 1.807) is 0 Å². The number of carbonyl (C=O) groups is 1. The molecule has 0 unspecified atom stereocenters. The van der Waals surface area contributed by atoms with Gasteiger partial charge in [-0.1, -0.05) is 118 Å². The fourth-order valence-electron chi connectivity index (χ4n) is 6.18. The maximum absolute atomic E-state index is 14.1. The number of esters is 1. The van der Waals surface area contributed by atoms with Crippen LogP contribution in [-0.2, 0) is 14.3 Å². The van der Waals surface area contributed by atoms with Crippen molar-refractivity contribution >= 4 is 11.7 Å². The molecule has 224 valence electrons. The van der Waals surface area contributed by atoms with Gasteiger partial charge in [-0.15, -0.1) is 0 Å². The number of aliphatic imine (C=N–C) groups is 1. The van der Waals surface area contributed by atoms with Gasteiger partial charge in [0.1, 0.15) is 5.60 Å². The molecule has 1 aliphatic rings. The average Bonchev–Trinajstić information content (AvgIpc) is 2.97. The molecule has 1 fully saturated rings. The van der Waals surface area contributed by atoms with Crippen molar-refractivity contribution in [2.45, 2.75) is 90.9 Å². The maximum atomic E-state index is 14.1. The molecule has 42 heavy (non-hydrogen) atoms. The molecule has 1 aliphatic carbocycles. The van der Waals surface area contributed by atoms with E-state index >= 15 is 0 Å². The van der Waals surface area contributed by atoms with E-state index in [4.69, 9.17) is 14.5 Å². The Hall–Kier alpha value is -3.24. The lowest BCUT2D eigenvalue weighted by molar-refractivity contribution is -0.157. The number of benzene rings is 3. The molecule has 1 saturated carbocycles. The second-order valence-electron chi connectivity index (χ2n) is 13.2. The van der Waals surface area contributed by atoms with Crippen LogP contribution < -0.4 is 0 Å². The van der Waals surface area contributed by atoms with Crippen molar-refractivity contribution in [1.82, 2.24) is 0 Å². The maximum Gasteiger partial charge on any atom is 0.332 e. The van der Waals surface area contributed by atoms with Crippen molar-refractivity contribution in [2.24, 2.45) is 22.7 Å². The van der Waals surface area contributed by atoms with E-state index in [-0.39, 0.29) is 18.0 Å². The van der Waals surface area contributed by atoms with Crippen molar-refractivity contribution in [1.29, 1.82) is 0 Å². The molecule has 3 aromatic carbocycles. The third kappa shape index (κ3) is 8.88. The number of carbonyl (C=O) groups excluding carboxylic acids is 1. The summed E-state index contributed by atoms with van der Waals surface area (Å²) in [6, 6.07) is 29.8. The summed E-state index contributed by atoms with van der Waals surface area (Å²) in [5.41, 5.74) is 3.16. The van der Waals surface area contributed by atoms with Gasteiger partial charge in [-0.3, -0.25) is 4.99 Å². The van der Waals surface area contributed by atoms with E-state index in [1.165, 1.54) is 12.8 Å². The summed E-state index contributed by atoms with van der Waals surface area (Å²) in [5, 5.41) is 0. The Labute approximate surface area is 253 Å². The summed E-state index contributed by atoms with van der Waals surface area (Å²) in [6.07, 6.45) is 4.50. The van der Waals surface area contributed by atoms with Gasteiger partial charge < -0.3 is 9.47 Å². The van der Waals surface area contributed by atoms with Crippen molar-refractivity contribution in [3.05, 3.63) is 108 Å². The van der Waals surface area contributed by atoms with Gasteiger partial charge in [0.2, 0.25) is 0 Å². The molecule has 4 rings (SSSR count). The van der Waals surface area contributed by atoms with Crippen LogP contribution in [0.3, 0.4) is 0 Å². The molecular weight excluding hydrogens is 518 g/mol. The van der Waals surface area contributed by atoms with Crippen LogP contribution in [0.2, 0.25) is 0 Å². The number of ether oxygens (including phenoxy) is 2. The molecule has 0 N–H and O–H groups in total. The molecule has 3 aromatic rings. The van der Waals surface area contributed by atoms with E-state index < -0.39 is 11.6 Å². The van der Waals surface area contributed by atoms with Gasteiger partial charge in [-0.05, 0) is 63.4 Å².